The van der Waals surface area contributed by atoms with Gasteiger partial charge in [-0.3, -0.25) is 0 Å². The van der Waals surface area contributed by atoms with Crippen molar-refractivity contribution in [3.05, 3.63) is 0 Å². The Kier molecular flexibility index (Phi) is 4.55. The summed E-state index contributed by atoms with van der Waals surface area (Å²) in [6.45, 7) is 7.55. The van der Waals surface area contributed by atoms with Crippen LogP contribution in [-0.2, 0) is 0 Å². The van der Waals surface area contributed by atoms with E-state index in [1.54, 1.807) is 0 Å². The molecule has 17 heavy (non-hydrogen) atoms. The molecule has 2 aliphatic rings. The first-order valence-corrected chi connectivity index (χ1v) is 8.08. The minimum absolute atomic E-state index is 0.613. The Labute approximate surface area is 109 Å². The Hall–Kier alpha value is 0. The van der Waals surface area contributed by atoms with Gasteiger partial charge in [0.1, 0.15) is 0 Å². The summed E-state index contributed by atoms with van der Waals surface area (Å²) in [5.41, 5.74) is 0.613. The summed E-state index contributed by atoms with van der Waals surface area (Å²) < 4.78 is 0. The quantitative estimate of drug-likeness (QED) is 0.580. The average molecular weight is 236 g/mol. The molecule has 0 spiro atoms. The van der Waals surface area contributed by atoms with Gasteiger partial charge in [-0.1, -0.05) is 65.7 Å². The van der Waals surface area contributed by atoms with Gasteiger partial charge < -0.3 is 0 Å². The third-order valence-electron chi connectivity index (χ3n) is 5.66. The van der Waals surface area contributed by atoms with Crippen molar-refractivity contribution in [2.45, 2.75) is 85.0 Å². The van der Waals surface area contributed by atoms with E-state index in [1.165, 1.54) is 64.2 Å². The predicted octanol–water partition coefficient (Wildman–Crippen LogP) is 5.81. The van der Waals surface area contributed by atoms with Gasteiger partial charge >= 0.3 is 0 Å². The van der Waals surface area contributed by atoms with E-state index in [9.17, 15) is 0 Å². The van der Waals surface area contributed by atoms with Crippen LogP contribution in [-0.4, -0.2) is 0 Å². The van der Waals surface area contributed by atoms with Crippen molar-refractivity contribution in [3.8, 4) is 0 Å². The molecule has 0 heteroatoms. The summed E-state index contributed by atoms with van der Waals surface area (Å²) in [5, 5.41) is 0. The summed E-state index contributed by atoms with van der Waals surface area (Å²) in [6, 6.07) is 0. The van der Waals surface area contributed by atoms with Crippen LogP contribution in [0, 0.1) is 23.2 Å². The molecular formula is C17H32. The Morgan fingerprint density at radius 1 is 0.824 bits per heavy atom. The van der Waals surface area contributed by atoms with Crippen molar-refractivity contribution in [2.75, 3.05) is 0 Å². The number of hydrogen-bond donors (Lipinski definition) is 0. The SMILES string of the molecule is CC1CCC(C(C)(C)CC2CCCCC2)CC1. The lowest BCUT2D eigenvalue weighted by Gasteiger charge is -2.41. The molecule has 0 atom stereocenters. The largest absolute Gasteiger partial charge is 0.0625 e. The lowest BCUT2D eigenvalue weighted by molar-refractivity contribution is 0.0970. The normalized spacial score (nSPS) is 32.6. The Bertz CT molecular complexity index is 214. The number of hydrogen-bond acceptors (Lipinski definition) is 0. The molecule has 0 heterocycles. The van der Waals surface area contributed by atoms with Crippen molar-refractivity contribution in [1.82, 2.24) is 0 Å². The first-order valence-electron chi connectivity index (χ1n) is 8.08. The minimum Gasteiger partial charge on any atom is -0.0625 e. The van der Waals surface area contributed by atoms with E-state index in [4.69, 9.17) is 0 Å². The molecule has 2 fully saturated rings. The Balaban J connectivity index is 1.84. The van der Waals surface area contributed by atoms with Crippen LogP contribution in [0.25, 0.3) is 0 Å². The molecule has 0 aliphatic heterocycles. The summed E-state index contributed by atoms with van der Waals surface area (Å²) >= 11 is 0. The fourth-order valence-corrected chi connectivity index (χ4v) is 4.34. The van der Waals surface area contributed by atoms with Crippen LogP contribution in [0.5, 0.6) is 0 Å². The van der Waals surface area contributed by atoms with Gasteiger partial charge in [0.15, 0.2) is 0 Å². The van der Waals surface area contributed by atoms with Gasteiger partial charge in [0.25, 0.3) is 0 Å². The van der Waals surface area contributed by atoms with Crippen LogP contribution in [0.1, 0.15) is 85.0 Å². The molecule has 0 aromatic carbocycles. The highest BCUT2D eigenvalue weighted by Crippen LogP contribution is 2.45. The summed E-state index contributed by atoms with van der Waals surface area (Å²) in [6.07, 6.45) is 15.0. The minimum atomic E-state index is 0.613. The fourth-order valence-electron chi connectivity index (χ4n) is 4.34. The molecule has 0 saturated heterocycles. The lowest BCUT2D eigenvalue weighted by atomic mass is 9.64. The van der Waals surface area contributed by atoms with Crippen LogP contribution in [0.2, 0.25) is 0 Å². The van der Waals surface area contributed by atoms with E-state index in [2.05, 4.69) is 20.8 Å². The molecule has 0 amide bonds. The summed E-state index contributed by atoms with van der Waals surface area (Å²) in [4.78, 5) is 0. The molecule has 0 aromatic rings. The molecule has 2 rings (SSSR count). The number of rotatable bonds is 3. The first kappa shape index (κ1) is 13.4. The maximum Gasteiger partial charge on any atom is -0.0323 e. The van der Waals surface area contributed by atoms with E-state index in [-0.39, 0.29) is 0 Å². The second-order valence-electron chi connectivity index (χ2n) is 7.65. The van der Waals surface area contributed by atoms with Gasteiger partial charge in [-0.25, -0.2) is 0 Å². The highest BCUT2D eigenvalue weighted by Gasteiger charge is 2.34. The molecule has 0 nitrogen and oxygen atoms in total. The van der Waals surface area contributed by atoms with Crippen LogP contribution in [0.3, 0.4) is 0 Å². The molecule has 0 bridgehead atoms. The maximum atomic E-state index is 2.56. The lowest BCUT2D eigenvalue weighted by Crippen LogP contribution is -2.30. The van der Waals surface area contributed by atoms with Crippen LogP contribution < -0.4 is 0 Å². The molecule has 0 radical (unpaired) electrons. The Morgan fingerprint density at radius 2 is 1.41 bits per heavy atom. The molecular weight excluding hydrogens is 204 g/mol. The van der Waals surface area contributed by atoms with Crippen molar-refractivity contribution < 1.29 is 0 Å². The monoisotopic (exact) mass is 236 g/mol. The zero-order chi connectivity index (χ0) is 12.3. The maximum absolute atomic E-state index is 2.56. The summed E-state index contributed by atoms with van der Waals surface area (Å²) in [7, 11) is 0. The van der Waals surface area contributed by atoms with Gasteiger partial charge in [-0.05, 0) is 42.4 Å². The third-order valence-corrected chi connectivity index (χ3v) is 5.66. The zero-order valence-electron chi connectivity index (χ0n) is 12.3. The molecule has 0 aromatic heterocycles. The third kappa shape index (κ3) is 3.73. The molecule has 2 aliphatic carbocycles. The van der Waals surface area contributed by atoms with Crippen molar-refractivity contribution in [1.29, 1.82) is 0 Å². The van der Waals surface area contributed by atoms with E-state index >= 15 is 0 Å². The van der Waals surface area contributed by atoms with Crippen LogP contribution in [0.15, 0.2) is 0 Å². The van der Waals surface area contributed by atoms with Gasteiger partial charge in [-0.2, -0.15) is 0 Å². The van der Waals surface area contributed by atoms with Gasteiger partial charge in [0.05, 0.1) is 0 Å². The first-order chi connectivity index (χ1) is 8.08. The summed E-state index contributed by atoms with van der Waals surface area (Å²) in [5.74, 6) is 3.07. The molecule has 0 unspecified atom stereocenters. The van der Waals surface area contributed by atoms with E-state index in [0.717, 1.165) is 17.8 Å². The molecule has 2 saturated carbocycles. The second kappa shape index (κ2) is 5.76. The Morgan fingerprint density at radius 3 is 2.00 bits per heavy atom. The fraction of sp³-hybridized carbons (Fsp3) is 1.00. The zero-order valence-corrected chi connectivity index (χ0v) is 12.3. The van der Waals surface area contributed by atoms with Crippen molar-refractivity contribution in [2.24, 2.45) is 23.2 Å². The molecule has 100 valence electrons. The van der Waals surface area contributed by atoms with Gasteiger partial charge in [0.2, 0.25) is 0 Å². The predicted molar refractivity (Wildman–Crippen MR) is 76.1 cm³/mol. The second-order valence-corrected chi connectivity index (χ2v) is 7.65. The smallest absolute Gasteiger partial charge is 0.0323 e. The topological polar surface area (TPSA) is 0 Å². The van der Waals surface area contributed by atoms with Crippen LogP contribution >= 0.6 is 0 Å². The highest BCUT2D eigenvalue weighted by molar-refractivity contribution is 4.85. The van der Waals surface area contributed by atoms with E-state index < -0.39 is 0 Å². The van der Waals surface area contributed by atoms with Gasteiger partial charge in [0, 0.05) is 0 Å². The molecule has 0 N–H and O–H groups in total. The van der Waals surface area contributed by atoms with Crippen LogP contribution in [0.4, 0.5) is 0 Å². The van der Waals surface area contributed by atoms with Gasteiger partial charge in [-0.15, -0.1) is 0 Å². The highest BCUT2D eigenvalue weighted by atomic mass is 14.4. The standard InChI is InChI=1S/C17H32/c1-14-9-11-16(12-10-14)17(2,3)13-15-7-5-4-6-8-15/h14-16H,4-13H2,1-3H3. The van der Waals surface area contributed by atoms with E-state index in [1.807, 2.05) is 0 Å². The van der Waals surface area contributed by atoms with Crippen molar-refractivity contribution >= 4 is 0 Å². The average Bonchev–Trinajstić information content (AvgIpc) is 2.30. The van der Waals surface area contributed by atoms with E-state index in [0.29, 0.717) is 5.41 Å². The van der Waals surface area contributed by atoms with Crippen molar-refractivity contribution in [3.63, 3.8) is 0 Å².